The van der Waals surface area contributed by atoms with Crippen molar-refractivity contribution in [1.29, 1.82) is 0 Å². The van der Waals surface area contributed by atoms with Gasteiger partial charge in [0.05, 0.1) is 5.69 Å². The molecule has 6 heteroatoms. The molecular weight excluding hydrogens is 254 g/mol. The Labute approximate surface area is 108 Å². The van der Waals surface area contributed by atoms with E-state index in [0.717, 1.165) is 5.57 Å². The van der Waals surface area contributed by atoms with E-state index in [2.05, 4.69) is 0 Å². The van der Waals surface area contributed by atoms with E-state index in [1.807, 2.05) is 13.0 Å². The highest BCUT2D eigenvalue weighted by atomic mass is 19.2. The topological polar surface area (TPSA) is 47.7 Å². The van der Waals surface area contributed by atoms with Crippen LogP contribution in [0.15, 0.2) is 29.6 Å². The van der Waals surface area contributed by atoms with Crippen LogP contribution in [0.5, 0.6) is 11.5 Å². The molecule has 3 heterocycles. The molecule has 3 aliphatic rings. The van der Waals surface area contributed by atoms with Crippen LogP contribution in [-0.2, 0) is 0 Å². The highest BCUT2D eigenvalue weighted by Crippen LogP contribution is 2.41. The lowest BCUT2D eigenvalue weighted by molar-refractivity contribution is 0.123. The molecule has 0 aromatic heterocycles. The van der Waals surface area contributed by atoms with Gasteiger partial charge in [-0.05, 0) is 13.0 Å². The molecule has 4 rings (SSSR count). The second kappa shape index (κ2) is 4.15. The Morgan fingerprint density at radius 2 is 2.00 bits per heavy atom. The zero-order chi connectivity index (χ0) is 13.6. The van der Waals surface area contributed by atoms with Gasteiger partial charge in [0.15, 0.2) is 11.5 Å². The van der Waals surface area contributed by atoms with Gasteiger partial charge in [0.2, 0.25) is 18.4 Å². The van der Waals surface area contributed by atoms with Crippen molar-refractivity contribution in [3.05, 3.63) is 41.2 Å². The van der Waals surface area contributed by atoms with E-state index in [-0.39, 0.29) is 18.3 Å². The molecule has 0 unspecified atom stereocenters. The summed E-state index contributed by atoms with van der Waals surface area (Å²) in [5.74, 6) is -2.00. The minimum atomic E-state index is -1.05. The van der Waals surface area contributed by atoms with Gasteiger partial charge in [-0.25, -0.2) is 0 Å². The molecule has 0 radical (unpaired) electrons. The van der Waals surface area contributed by atoms with Crippen LogP contribution in [-0.4, -0.2) is 13.3 Å². The fourth-order valence-electron chi connectivity index (χ4n) is 2.10. The zero-order valence-corrected chi connectivity index (χ0v) is 10.2. The highest BCUT2D eigenvalue weighted by Gasteiger charge is 2.28. The molecule has 2 N–H and O–H groups in total. The molecule has 3 aliphatic heterocycles. The summed E-state index contributed by atoms with van der Waals surface area (Å²) in [5, 5.41) is 0. The van der Waals surface area contributed by atoms with Crippen LogP contribution in [0.2, 0.25) is 0 Å². The van der Waals surface area contributed by atoms with Crippen LogP contribution in [0.4, 0.5) is 14.5 Å². The summed E-state index contributed by atoms with van der Waals surface area (Å²) >= 11 is 0. The molecule has 1 aromatic rings. The Kier molecular flexibility index (Phi) is 2.58. The van der Waals surface area contributed by atoms with E-state index in [1.54, 1.807) is 11.0 Å². The maximum Gasteiger partial charge on any atom is 0.231 e. The number of ether oxygens (including phenoxy) is 2. The number of nitrogens with two attached hydrogens (primary N) is 1. The first-order valence-electron chi connectivity index (χ1n) is 5.76. The Bertz CT molecular complexity index is 611. The number of nitrogens with zero attached hydrogens (tertiary/aromatic N) is 1. The second-order valence-electron chi connectivity index (χ2n) is 4.45. The first kappa shape index (κ1) is 11.8. The number of fused-ring (bicyclic) bond motifs is 4. The lowest BCUT2D eigenvalue weighted by atomic mass is 10.1. The first-order valence-corrected chi connectivity index (χ1v) is 5.76. The molecule has 2 bridgehead atoms. The number of rotatable bonds is 1. The maximum atomic E-state index is 13.9. The molecular formula is C13H12F2N2O2. The van der Waals surface area contributed by atoms with E-state index in [1.165, 1.54) is 6.07 Å². The van der Waals surface area contributed by atoms with Crippen molar-refractivity contribution in [2.45, 2.75) is 6.92 Å². The molecule has 0 spiro atoms. The SMILES string of the molecule is CC1=CC=C(N)N(c2cc3c(F)c(F)c2OCO3)C1. The molecule has 0 amide bonds. The summed E-state index contributed by atoms with van der Waals surface area (Å²) in [6.45, 7) is 2.19. The van der Waals surface area contributed by atoms with Crippen molar-refractivity contribution < 1.29 is 18.3 Å². The lowest BCUT2D eigenvalue weighted by Crippen LogP contribution is -2.31. The van der Waals surface area contributed by atoms with Gasteiger partial charge in [0.1, 0.15) is 5.82 Å². The number of anilines is 1. The minimum Gasteiger partial charge on any atom is -0.454 e. The molecule has 19 heavy (non-hydrogen) atoms. The fourth-order valence-corrected chi connectivity index (χ4v) is 2.10. The molecule has 0 saturated heterocycles. The van der Waals surface area contributed by atoms with Crippen LogP contribution >= 0.6 is 0 Å². The van der Waals surface area contributed by atoms with E-state index in [4.69, 9.17) is 15.2 Å². The van der Waals surface area contributed by atoms with E-state index < -0.39 is 11.6 Å². The maximum absolute atomic E-state index is 13.9. The Hall–Kier alpha value is -2.24. The van der Waals surface area contributed by atoms with Gasteiger partial charge in [-0.15, -0.1) is 0 Å². The first-order chi connectivity index (χ1) is 9.08. The summed E-state index contributed by atoms with van der Waals surface area (Å²) in [7, 11) is 0. The summed E-state index contributed by atoms with van der Waals surface area (Å²) in [5.41, 5.74) is 7.30. The van der Waals surface area contributed by atoms with E-state index in [9.17, 15) is 8.78 Å². The van der Waals surface area contributed by atoms with Gasteiger partial charge in [-0.1, -0.05) is 11.6 Å². The van der Waals surface area contributed by atoms with E-state index in [0.29, 0.717) is 18.1 Å². The van der Waals surface area contributed by atoms with Gasteiger partial charge >= 0.3 is 0 Å². The molecule has 1 aromatic carbocycles. The average molecular weight is 266 g/mol. The molecule has 4 nitrogen and oxygen atoms in total. The number of hydrogen-bond acceptors (Lipinski definition) is 4. The van der Waals surface area contributed by atoms with Crippen LogP contribution in [0.25, 0.3) is 0 Å². The van der Waals surface area contributed by atoms with Crippen LogP contribution in [0, 0.1) is 11.6 Å². The average Bonchev–Trinajstić information content (AvgIpc) is 2.68. The zero-order valence-electron chi connectivity index (χ0n) is 10.2. The van der Waals surface area contributed by atoms with Gasteiger partial charge in [-0.2, -0.15) is 8.78 Å². The van der Waals surface area contributed by atoms with Crippen LogP contribution in [0.3, 0.4) is 0 Å². The minimum absolute atomic E-state index is 0.172. The van der Waals surface area contributed by atoms with Crippen LogP contribution in [0.1, 0.15) is 6.92 Å². The standard InChI is InChI=1S/C13H12F2N2O2/c1-7-2-3-10(16)17(5-7)8-4-9-11(14)12(15)13(8)19-6-18-9/h2-4H,5-6,16H2,1H3. The predicted molar refractivity (Wildman–Crippen MR) is 65.9 cm³/mol. The fraction of sp³-hybridized carbons (Fsp3) is 0.231. The van der Waals surface area contributed by atoms with Crippen molar-refractivity contribution in [1.82, 2.24) is 0 Å². The van der Waals surface area contributed by atoms with Gasteiger partial charge in [0.25, 0.3) is 0 Å². The Morgan fingerprint density at radius 1 is 1.21 bits per heavy atom. The molecule has 0 aliphatic carbocycles. The predicted octanol–water partition coefficient (Wildman–Crippen LogP) is 2.26. The Balaban J connectivity index is 2.13. The normalized spacial score (nSPS) is 17.3. The van der Waals surface area contributed by atoms with Gasteiger partial charge in [-0.3, -0.25) is 0 Å². The van der Waals surface area contributed by atoms with Gasteiger partial charge in [0, 0.05) is 12.6 Å². The number of halogens is 2. The summed E-state index contributed by atoms with van der Waals surface area (Å²) in [4.78, 5) is 1.66. The Morgan fingerprint density at radius 3 is 2.79 bits per heavy atom. The second-order valence-corrected chi connectivity index (χ2v) is 4.45. The quantitative estimate of drug-likeness (QED) is 0.847. The third-order valence-electron chi connectivity index (χ3n) is 3.08. The molecule has 100 valence electrons. The number of allylic oxidation sites excluding steroid dienone is 2. The number of benzene rings is 1. The van der Waals surface area contributed by atoms with Crippen molar-refractivity contribution in [2.24, 2.45) is 5.73 Å². The third kappa shape index (κ3) is 1.80. The van der Waals surface area contributed by atoms with Crippen molar-refractivity contribution in [2.75, 3.05) is 18.2 Å². The molecule has 0 saturated carbocycles. The molecule has 0 fully saturated rings. The smallest absolute Gasteiger partial charge is 0.231 e. The summed E-state index contributed by atoms with van der Waals surface area (Å²) in [6, 6.07) is 1.40. The van der Waals surface area contributed by atoms with Crippen molar-refractivity contribution >= 4 is 5.69 Å². The van der Waals surface area contributed by atoms with Crippen LogP contribution < -0.4 is 20.1 Å². The monoisotopic (exact) mass is 266 g/mol. The largest absolute Gasteiger partial charge is 0.454 e. The summed E-state index contributed by atoms with van der Waals surface area (Å²) < 4.78 is 37.5. The number of hydrogen-bond donors (Lipinski definition) is 1. The summed E-state index contributed by atoms with van der Waals surface area (Å²) in [6.07, 6.45) is 3.59. The van der Waals surface area contributed by atoms with Crippen molar-refractivity contribution in [3.8, 4) is 11.5 Å². The highest BCUT2D eigenvalue weighted by molar-refractivity contribution is 5.67. The molecule has 0 atom stereocenters. The van der Waals surface area contributed by atoms with E-state index >= 15 is 0 Å². The lowest BCUT2D eigenvalue weighted by Gasteiger charge is -2.28. The van der Waals surface area contributed by atoms with Crippen molar-refractivity contribution in [3.63, 3.8) is 0 Å². The third-order valence-corrected chi connectivity index (χ3v) is 3.08. The van der Waals surface area contributed by atoms with Gasteiger partial charge < -0.3 is 20.1 Å².